The summed E-state index contributed by atoms with van der Waals surface area (Å²) < 4.78 is 20.0. The van der Waals surface area contributed by atoms with E-state index < -0.39 is 19.7 Å². The molecule has 6 heteroatoms. The fourth-order valence-corrected chi connectivity index (χ4v) is 7.21. The summed E-state index contributed by atoms with van der Waals surface area (Å²) in [5.41, 5.74) is 6.20. The molecule has 2 unspecified atom stereocenters. The summed E-state index contributed by atoms with van der Waals surface area (Å²) in [5.74, 6) is 0.825. The van der Waals surface area contributed by atoms with Gasteiger partial charge < -0.3 is 9.73 Å². The Balaban J connectivity index is 1.79. The second-order valence-corrected chi connectivity index (χ2v) is 15.8. The molecule has 1 aromatic carbocycles. The predicted octanol–water partition coefficient (Wildman–Crippen LogP) is 9.04. The number of piperidine rings is 1. The zero-order valence-electron chi connectivity index (χ0n) is 25.5. The molecule has 1 N–H and O–H groups in total. The molecule has 0 aromatic heterocycles. The van der Waals surface area contributed by atoms with Gasteiger partial charge in [0, 0.05) is 16.6 Å². The molecule has 2 aliphatic heterocycles. The highest BCUT2D eigenvalue weighted by atomic mass is 31.2. The number of benzene rings is 1. The molecule has 0 bridgehead atoms. The normalized spacial score (nSPS) is 27.6. The van der Waals surface area contributed by atoms with Gasteiger partial charge in [0.05, 0.1) is 6.10 Å². The first-order chi connectivity index (χ1) is 17.3. The minimum atomic E-state index is -1.70. The Hall–Kier alpha value is -1.49. The van der Waals surface area contributed by atoms with Crippen molar-refractivity contribution in [1.82, 2.24) is 5.06 Å². The number of aryl methyl sites for hydroxylation is 1. The van der Waals surface area contributed by atoms with Crippen LogP contribution in [0, 0.1) is 12.3 Å². The van der Waals surface area contributed by atoms with Crippen molar-refractivity contribution in [3.63, 3.8) is 0 Å². The number of hydrogen-bond donors (Lipinski definition) is 1. The molecule has 0 amide bonds. The van der Waals surface area contributed by atoms with Gasteiger partial charge in [-0.05, 0) is 105 Å². The van der Waals surface area contributed by atoms with E-state index in [-0.39, 0.29) is 23.0 Å². The summed E-state index contributed by atoms with van der Waals surface area (Å²) in [7, 11) is -1.70. The molecule has 1 aromatic rings. The van der Waals surface area contributed by atoms with Crippen molar-refractivity contribution in [1.29, 1.82) is 0 Å². The summed E-state index contributed by atoms with van der Waals surface area (Å²) in [6.45, 7) is 25.9. The highest BCUT2D eigenvalue weighted by Gasteiger charge is 2.47. The third-order valence-electron chi connectivity index (χ3n) is 7.97. The molecule has 1 saturated heterocycles. The molecule has 5 nitrogen and oxygen atoms in total. The number of fused-ring (bicyclic) bond motifs is 2. The molecule has 4 rings (SSSR count). The lowest BCUT2D eigenvalue weighted by atomic mass is 9.79. The second-order valence-electron chi connectivity index (χ2n) is 14.7. The van der Waals surface area contributed by atoms with Gasteiger partial charge in [-0.1, -0.05) is 59.8 Å². The van der Waals surface area contributed by atoms with Gasteiger partial charge in [-0.25, -0.2) is 0 Å². The van der Waals surface area contributed by atoms with E-state index in [1.54, 1.807) is 0 Å². The monoisotopic (exact) mass is 541 g/mol. The maximum absolute atomic E-state index is 10.8. The van der Waals surface area contributed by atoms with E-state index in [9.17, 15) is 5.21 Å². The van der Waals surface area contributed by atoms with Crippen LogP contribution in [0.4, 0.5) is 0 Å². The van der Waals surface area contributed by atoms with Gasteiger partial charge >= 0.3 is 8.60 Å². The zero-order chi connectivity index (χ0) is 28.4. The summed E-state index contributed by atoms with van der Waals surface area (Å²) in [6, 6.07) is 4.49. The summed E-state index contributed by atoms with van der Waals surface area (Å²) in [6.07, 6.45) is 7.81. The van der Waals surface area contributed by atoms with Gasteiger partial charge in [0.15, 0.2) is 0 Å². The quantitative estimate of drug-likeness (QED) is 0.379. The fraction of sp³-hybridized carbons (Fsp3) is 0.625. The molecule has 2 heterocycles. The van der Waals surface area contributed by atoms with Gasteiger partial charge in [-0.3, -0.25) is 9.05 Å². The zero-order valence-corrected chi connectivity index (χ0v) is 26.4. The Morgan fingerprint density at radius 2 is 1.53 bits per heavy atom. The van der Waals surface area contributed by atoms with E-state index in [4.69, 9.17) is 13.6 Å². The second kappa shape index (κ2) is 9.85. The van der Waals surface area contributed by atoms with Crippen molar-refractivity contribution in [3.8, 4) is 5.75 Å². The molecule has 38 heavy (non-hydrogen) atoms. The van der Waals surface area contributed by atoms with E-state index in [0.717, 1.165) is 28.0 Å². The minimum absolute atomic E-state index is 0.0159. The maximum atomic E-state index is 10.8. The van der Waals surface area contributed by atoms with Crippen LogP contribution in [-0.2, 0) is 14.5 Å². The SMILES string of the molecule is CC1=CC(C(C)(C)C)=C/C2=C/c3cc(C(C)(C)C)cc(C)c3OP(OC3CC(C)(C)N(O)C(C)(C)C3)OC12. The van der Waals surface area contributed by atoms with Crippen molar-refractivity contribution in [2.45, 2.75) is 125 Å². The van der Waals surface area contributed by atoms with Crippen molar-refractivity contribution < 1.29 is 18.8 Å². The first kappa shape index (κ1) is 29.5. The van der Waals surface area contributed by atoms with E-state index in [0.29, 0.717) is 12.8 Å². The van der Waals surface area contributed by atoms with Gasteiger partial charge in [0.1, 0.15) is 11.9 Å². The summed E-state index contributed by atoms with van der Waals surface area (Å²) >= 11 is 0. The van der Waals surface area contributed by atoms with Crippen molar-refractivity contribution >= 4 is 14.7 Å². The lowest BCUT2D eigenvalue weighted by molar-refractivity contribution is -0.255. The molecule has 3 aliphatic rings. The number of rotatable bonds is 2. The Kier molecular flexibility index (Phi) is 7.65. The van der Waals surface area contributed by atoms with Crippen LogP contribution in [0.3, 0.4) is 0 Å². The lowest BCUT2D eigenvalue weighted by Gasteiger charge is -2.51. The third-order valence-corrected chi connectivity index (χ3v) is 9.16. The first-order valence-corrected chi connectivity index (χ1v) is 15.0. The van der Waals surface area contributed by atoms with Crippen LogP contribution in [0.2, 0.25) is 0 Å². The maximum Gasteiger partial charge on any atom is 0.398 e. The van der Waals surface area contributed by atoms with Crippen LogP contribution in [0.15, 0.2) is 41.0 Å². The van der Waals surface area contributed by atoms with Gasteiger partial charge in [-0.2, -0.15) is 5.06 Å². The van der Waals surface area contributed by atoms with E-state index >= 15 is 0 Å². The smallest absolute Gasteiger partial charge is 0.398 e. The predicted molar refractivity (Wildman–Crippen MR) is 157 cm³/mol. The Morgan fingerprint density at radius 3 is 2.08 bits per heavy atom. The highest BCUT2D eigenvalue weighted by molar-refractivity contribution is 7.42. The van der Waals surface area contributed by atoms with Crippen LogP contribution in [0.5, 0.6) is 5.75 Å². The van der Waals surface area contributed by atoms with Crippen molar-refractivity contribution in [3.05, 3.63) is 57.7 Å². The fourth-order valence-electron chi connectivity index (χ4n) is 5.82. The number of nitrogens with zero attached hydrogens (tertiary/aromatic N) is 1. The lowest BCUT2D eigenvalue weighted by Crippen LogP contribution is -2.60. The molecule has 1 aliphatic carbocycles. The molecule has 0 radical (unpaired) electrons. The number of allylic oxidation sites excluding steroid dienone is 2. The molecular formula is C32H48NO4P. The Labute approximate surface area is 231 Å². The average molecular weight is 542 g/mol. The summed E-state index contributed by atoms with van der Waals surface area (Å²) in [4.78, 5) is 0. The average Bonchev–Trinajstić information content (AvgIpc) is 2.72. The number of hydroxylamine groups is 2. The standard InChI is InChI=1S/C32H48NO4P/c1-20-13-24(29(3,4)5)16-22-15-23-17-25(30(6,7)8)14-21(2)28(23)37-38(36-27(20)22)35-26-18-31(9,10)33(34)32(11,12)19-26/h13-17,26-27,34H,18-19H2,1-12H3/b22-15-. The van der Waals surface area contributed by atoms with Gasteiger partial charge in [-0.15, -0.1) is 0 Å². The van der Waals surface area contributed by atoms with E-state index in [1.807, 2.05) is 0 Å². The van der Waals surface area contributed by atoms with Crippen molar-refractivity contribution in [2.75, 3.05) is 0 Å². The van der Waals surface area contributed by atoms with Crippen molar-refractivity contribution in [2.24, 2.45) is 5.41 Å². The molecule has 210 valence electrons. The van der Waals surface area contributed by atoms with Gasteiger partial charge in [0.25, 0.3) is 0 Å². The highest BCUT2D eigenvalue weighted by Crippen LogP contribution is 2.53. The van der Waals surface area contributed by atoms with Gasteiger partial charge in [0.2, 0.25) is 0 Å². The van der Waals surface area contributed by atoms with E-state index in [1.165, 1.54) is 16.2 Å². The molecule has 0 saturated carbocycles. The molecule has 1 fully saturated rings. The topological polar surface area (TPSA) is 51.2 Å². The van der Waals surface area contributed by atoms with Crippen LogP contribution < -0.4 is 4.52 Å². The largest absolute Gasteiger partial charge is 0.426 e. The van der Waals surface area contributed by atoms with Crippen LogP contribution in [0.25, 0.3) is 6.08 Å². The number of hydrogen-bond acceptors (Lipinski definition) is 5. The Bertz CT molecular complexity index is 1160. The molecule has 0 spiro atoms. The van der Waals surface area contributed by atoms with Crippen LogP contribution in [-0.4, -0.2) is 33.6 Å². The third kappa shape index (κ3) is 5.98. The minimum Gasteiger partial charge on any atom is -0.426 e. The van der Waals surface area contributed by atoms with Crippen LogP contribution >= 0.6 is 8.60 Å². The molecular weight excluding hydrogens is 493 g/mol. The molecule has 2 atom stereocenters. The van der Waals surface area contributed by atoms with Crippen LogP contribution in [0.1, 0.15) is 106 Å². The first-order valence-electron chi connectivity index (χ1n) is 13.9. The summed E-state index contributed by atoms with van der Waals surface area (Å²) in [5, 5.41) is 12.3. The van der Waals surface area contributed by atoms with E-state index in [2.05, 4.69) is 113 Å². The Morgan fingerprint density at radius 1 is 0.921 bits per heavy atom.